The molecule has 1 aromatic rings. The van der Waals surface area contributed by atoms with Crippen molar-refractivity contribution in [2.24, 2.45) is 10.4 Å². The molecule has 2 N–H and O–H groups in total. The molecule has 6 nitrogen and oxygen atoms in total. The van der Waals surface area contributed by atoms with Crippen molar-refractivity contribution in [1.82, 2.24) is 20.4 Å². The highest BCUT2D eigenvalue weighted by Gasteiger charge is 2.56. The van der Waals surface area contributed by atoms with Gasteiger partial charge in [0.2, 0.25) is 0 Å². The minimum absolute atomic E-state index is 0. The first-order chi connectivity index (χ1) is 12.3. The number of aliphatic imine (C=N–C) groups is 1. The lowest BCUT2D eigenvalue weighted by molar-refractivity contribution is -0.125. The Kier molecular flexibility index (Phi) is 8.66. The molecule has 2 fully saturated rings. The molecule has 3 rings (SSSR count). The zero-order valence-electron chi connectivity index (χ0n) is 16.1. The monoisotopic (exact) mass is 475 g/mol. The molecule has 2 atom stereocenters. The second-order valence-electron chi connectivity index (χ2n) is 7.20. The third-order valence-corrected chi connectivity index (χ3v) is 5.72. The Balaban J connectivity index is 0.00000243. The zero-order valence-corrected chi connectivity index (χ0v) is 18.4. The Bertz CT molecular complexity index is 542. The second-order valence-corrected chi connectivity index (χ2v) is 7.20. The van der Waals surface area contributed by atoms with E-state index in [1.807, 2.05) is 23.1 Å². The van der Waals surface area contributed by atoms with Crippen LogP contribution >= 0.6 is 24.0 Å². The maximum atomic E-state index is 6.02. The fourth-order valence-corrected chi connectivity index (χ4v) is 4.43. The number of hydrogen-bond acceptors (Lipinski definition) is 3. The third kappa shape index (κ3) is 4.91. The highest BCUT2D eigenvalue weighted by molar-refractivity contribution is 14.0. The van der Waals surface area contributed by atoms with Gasteiger partial charge in [-0.15, -0.1) is 24.0 Å². The maximum Gasteiger partial charge on any atom is 0.191 e. The number of halogens is 1. The van der Waals surface area contributed by atoms with E-state index >= 15 is 0 Å². The second kappa shape index (κ2) is 10.5. The topological polar surface area (TPSA) is 63.5 Å². The van der Waals surface area contributed by atoms with Gasteiger partial charge >= 0.3 is 0 Å². The molecule has 7 heteroatoms. The van der Waals surface area contributed by atoms with Crippen LogP contribution in [0, 0.1) is 5.41 Å². The predicted molar refractivity (Wildman–Crippen MR) is 116 cm³/mol. The number of aromatic nitrogens is 2. The Labute approximate surface area is 174 Å². The molecule has 1 aromatic heterocycles. The van der Waals surface area contributed by atoms with E-state index in [2.05, 4.69) is 29.6 Å². The summed E-state index contributed by atoms with van der Waals surface area (Å²) in [5, 5.41) is 11.3. The number of hydrogen-bond donors (Lipinski definition) is 2. The zero-order chi connectivity index (χ0) is 17.5. The average Bonchev–Trinajstić information content (AvgIpc) is 3.30. The summed E-state index contributed by atoms with van der Waals surface area (Å²) >= 11 is 0. The smallest absolute Gasteiger partial charge is 0.191 e. The summed E-state index contributed by atoms with van der Waals surface area (Å²) in [6, 6.07) is 2.46. The summed E-state index contributed by atoms with van der Waals surface area (Å²) in [6.45, 7) is 7.66. The minimum Gasteiger partial charge on any atom is -0.378 e. The molecule has 0 aliphatic heterocycles. The molecule has 2 aliphatic rings. The van der Waals surface area contributed by atoms with Crippen LogP contribution in [-0.2, 0) is 11.3 Å². The molecular formula is C19H34IN5O. The quantitative estimate of drug-likeness (QED) is 0.263. The average molecular weight is 475 g/mol. The van der Waals surface area contributed by atoms with E-state index in [-0.39, 0.29) is 24.0 Å². The van der Waals surface area contributed by atoms with Crippen LogP contribution in [0.1, 0.15) is 52.4 Å². The normalized spacial score (nSPS) is 24.2. The van der Waals surface area contributed by atoms with Crippen LogP contribution in [0.2, 0.25) is 0 Å². The van der Waals surface area contributed by atoms with E-state index in [4.69, 9.17) is 9.73 Å². The van der Waals surface area contributed by atoms with Crippen LogP contribution in [0.5, 0.6) is 0 Å². The van der Waals surface area contributed by atoms with Crippen LogP contribution in [0.25, 0.3) is 0 Å². The molecule has 0 bridgehead atoms. The van der Waals surface area contributed by atoms with Crippen molar-refractivity contribution in [3.05, 3.63) is 18.5 Å². The summed E-state index contributed by atoms with van der Waals surface area (Å²) in [6.07, 6.45) is 11.6. The standard InChI is InChI=1S/C19H33N5O.HI/c1-3-20-18(21-11-7-13-24-14-8-12-22-24)23-16-15-17(25-4-2)19(16)9-5-6-10-19;/h8,12,14,16-17H,3-7,9-11,13,15H2,1-2H3,(H2,20,21,23);1H. The van der Waals surface area contributed by atoms with Crippen LogP contribution in [-0.4, -0.2) is 47.6 Å². The van der Waals surface area contributed by atoms with Gasteiger partial charge in [0.05, 0.1) is 6.10 Å². The number of rotatable bonds is 8. The van der Waals surface area contributed by atoms with E-state index in [1.165, 1.54) is 25.7 Å². The van der Waals surface area contributed by atoms with Crippen molar-refractivity contribution in [2.45, 2.75) is 71.1 Å². The fraction of sp³-hybridized carbons (Fsp3) is 0.789. The van der Waals surface area contributed by atoms with Crippen molar-refractivity contribution in [1.29, 1.82) is 0 Å². The number of nitrogens with zero attached hydrogens (tertiary/aromatic N) is 3. The first kappa shape index (κ1) is 21.5. The highest BCUT2D eigenvalue weighted by Crippen LogP contribution is 2.54. The van der Waals surface area contributed by atoms with Crippen LogP contribution in [0.4, 0.5) is 0 Å². The number of aryl methyl sites for hydroxylation is 1. The molecule has 26 heavy (non-hydrogen) atoms. The van der Waals surface area contributed by atoms with Gasteiger partial charge in [-0.3, -0.25) is 9.67 Å². The lowest BCUT2D eigenvalue weighted by Gasteiger charge is -2.54. The van der Waals surface area contributed by atoms with Gasteiger partial charge in [-0.1, -0.05) is 12.8 Å². The van der Waals surface area contributed by atoms with Gasteiger partial charge in [0.1, 0.15) is 0 Å². The van der Waals surface area contributed by atoms with E-state index < -0.39 is 0 Å². The summed E-state index contributed by atoms with van der Waals surface area (Å²) < 4.78 is 7.98. The Morgan fingerprint density at radius 2 is 2.15 bits per heavy atom. The van der Waals surface area contributed by atoms with Gasteiger partial charge < -0.3 is 15.4 Å². The Morgan fingerprint density at radius 1 is 1.35 bits per heavy atom. The molecule has 1 spiro atoms. The number of nitrogens with one attached hydrogen (secondary N) is 2. The third-order valence-electron chi connectivity index (χ3n) is 5.72. The molecule has 0 saturated heterocycles. The molecule has 1 heterocycles. The largest absolute Gasteiger partial charge is 0.378 e. The maximum absolute atomic E-state index is 6.02. The number of guanidine groups is 1. The van der Waals surface area contributed by atoms with E-state index in [9.17, 15) is 0 Å². The Hall–Kier alpha value is -0.830. The Morgan fingerprint density at radius 3 is 2.81 bits per heavy atom. The highest BCUT2D eigenvalue weighted by atomic mass is 127. The van der Waals surface area contributed by atoms with Crippen LogP contribution in [0.3, 0.4) is 0 Å². The van der Waals surface area contributed by atoms with E-state index in [0.717, 1.165) is 45.0 Å². The molecule has 2 unspecified atom stereocenters. The molecule has 2 saturated carbocycles. The minimum atomic E-state index is 0. The lowest BCUT2D eigenvalue weighted by Crippen LogP contribution is -2.65. The SMILES string of the molecule is CCNC(=NCCCn1cccn1)NC1CC(OCC)C12CCCC2.I. The van der Waals surface area contributed by atoms with Crippen molar-refractivity contribution < 1.29 is 4.74 Å². The van der Waals surface area contributed by atoms with Crippen molar-refractivity contribution >= 4 is 29.9 Å². The van der Waals surface area contributed by atoms with Gasteiger partial charge in [0.25, 0.3) is 0 Å². The molecule has 0 aromatic carbocycles. The van der Waals surface area contributed by atoms with Gasteiger partial charge in [-0.05, 0) is 45.6 Å². The molecular weight excluding hydrogens is 441 g/mol. The summed E-state index contributed by atoms with van der Waals surface area (Å²) in [5.74, 6) is 0.953. The van der Waals surface area contributed by atoms with Gasteiger partial charge in [-0.2, -0.15) is 5.10 Å². The summed E-state index contributed by atoms with van der Waals surface area (Å²) in [7, 11) is 0. The number of ether oxygens (including phenoxy) is 1. The van der Waals surface area contributed by atoms with Crippen molar-refractivity contribution in [3.63, 3.8) is 0 Å². The van der Waals surface area contributed by atoms with Crippen molar-refractivity contribution in [3.8, 4) is 0 Å². The van der Waals surface area contributed by atoms with Crippen LogP contribution < -0.4 is 10.6 Å². The summed E-state index contributed by atoms with van der Waals surface area (Å²) in [4.78, 5) is 4.77. The van der Waals surface area contributed by atoms with Crippen LogP contribution in [0.15, 0.2) is 23.5 Å². The van der Waals surface area contributed by atoms with Gasteiger partial charge in [0.15, 0.2) is 5.96 Å². The van der Waals surface area contributed by atoms with Gasteiger partial charge in [-0.25, -0.2) is 0 Å². The summed E-state index contributed by atoms with van der Waals surface area (Å²) in [5.41, 5.74) is 0.335. The molecule has 0 radical (unpaired) electrons. The first-order valence-corrected chi connectivity index (χ1v) is 9.92. The molecule has 148 valence electrons. The molecule has 2 aliphatic carbocycles. The van der Waals surface area contributed by atoms with Gasteiger partial charge in [0, 0.05) is 50.1 Å². The van der Waals surface area contributed by atoms with E-state index in [0.29, 0.717) is 17.6 Å². The van der Waals surface area contributed by atoms with Crippen molar-refractivity contribution in [2.75, 3.05) is 19.7 Å². The fourth-order valence-electron chi connectivity index (χ4n) is 4.43. The van der Waals surface area contributed by atoms with E-state index in [1.54, 1.807) is 0 Å². The molecule has 0 amide bonds. The predicted octanol–water partition coefficient (Wildman–Crippen LogP) is 3.18. The lowest BCUT2D eigenvalue weighted by atomic mass is 9.60. The first-order valence-electron chi connectivity index (χ1n) is 9.92.